The van der Waals surface area contributed by atoms with Crippen LogP contribution in [-0.2, 0) is 11.2 Å². The van der Waals surface area contributed by atoms with Crippen molar-refractivity contribution in [3.05, 3.63) is 20.8 Å². The number of hydrogen-bond acceptors (Lipinski definition) is 4. The molecule has 1 heterocycles. The summed E-state index contributed by atoms with van der Waals surface area (Å²) in [6.45, 7) is 0.471. The molecular formula is C9H13BrN2O2S. The highest BCUT2D eigenvalue weighted by atomic mass is 79.9. The fourth-order valence-corrected chi connectivity index (χ4v) is 2.50. The minimum atomic E-state index is -1.10. The molecule has 1 rings (SSSR count). The maximum absolute atomic E-state index is 11.1. The molecule has 1 unspecified atom stereocenters. The van der Waals surface area contributed by atoms with Gasteiger partial charge in [0.25, 0.3) is 0 Å². The first-order valence-electron chi connectivity index (χ1n) is 4.53. The highest BCUT2D eigenvalue weighted by Crippen LogP contribution is 2.21. The number of halogens is 1. The summed E-state index contributed by atoms with van der Waals surface area (Å²) in [6, 6.07) is 3.97. The van der Waals surface area contributed by atoms with E-state index in [4.69, 9.17) is 10.8 Å². The van der Waals surface area contributed by atoms with E-state index in [1.54, 1.807) is 11.3 Å². The molecule has 0 spiro atoms. The minimum absolute atomic E-state index is 0.0453. The second-order valence-corrected chi connectivity index (χ2v) is 5.55. The van der Waals surface area contributed by atoms with Gasteiger partial charge in [-0.05, 0) is 34.5 Å². The van der Waals surface area contributed by atoms with E-state index in [9.17, 15) is 4.79 Å². The number of nitrogens with two attached hydrogens (primary N) is 1. The van der Waals surface area contributed by atoms with Crippen molar-refractivity contribution < 1.29 is 9.90 Å². The van der Waals surface area contributed by atoms with E-state index in [-0.39, 0.29) is 6.54 Å². The van der Waals surface area contributed by atoms with Gasteiger partial charge in [0.1, 0.15) is 6.10 Å². The number of amides is 1. The number of thiophene rings is 1. The first kappa shape index (κ1) is 12.6. The van der Waals surface area contributed by atoms with E-state index in [0.717, 1.165) is 10.2 Å². The summed E-state index contributed by atoms with van der Waals surface area (Å²) >= 11 is 4.99. The molecule has 6 heteroatoms. The van der Waals surface area contributed by atoms with Crippen molar-refractivity contribution in [1.82, 2.24) is 5.32 Å². The first-order valence-corrected chi connectivity index (χ1v) is 6.14. The molecule has 0 aliphatic rings. The number of aliphatic hydroxyl groups excluding tert-OH is 1. The summed E-state index contributed by atoms with van der Waals surface area (Å²) in [6.07, 6.45) is -0.334. The number of hydrogen-bond donors (Lipinski definition) is 3. The number of nitrogens with one attached hydrogen (secondary N) is 1. The maximum atomic E-state index is 11.1. The average molecular weight is 293 g/mol. The van der Waals surface area contributed by atoms with Crippen molar-refractivity contribution >= 4 is 33.2 Å². The van der Waals surface area contributed by atoms with Crippen LogP contribution in [0.5, 0.6) is 0 Å². The van der Waals surface area contributed by atoms with Gasteiger partial charge in [0.2, 0.25) is 5.91 Å². The summed E-state index contributed by atoms with van der Waals surface area (Å²) in [5, 5.41) is 11.7. The second-order valence-electron chi connectivity index (χ2n) is 3.00. The number of carbonyl (C=O) groups excluding carboxylic acids is 1. The maximum Gasteiger partial charge on any atom is 0.250 e. The van der Waals surface area contributed by atoms with E-state index in [2.05, 4.69) is 21.2 Å². The molecule has 84 valence electrons. The SMILES string of the molecule is NCC(O)C(=O)NCCc1ccc(Br)s1. The summed E-state index contributed by atoms with van der Waals surface area (Å²) < 4.78 is 1.07. The monoisotopic (exact) mass is 292 g/mol. The standard InChI is InChI=1S/C9H13BrN2O2S/c10-8-2-1-6(15-8)3-4-12-9(14)7(13)5-11/h1-2,7,13H,3-5,11H2,(H,12,14). The van der Waals surface area contributed by atoms with Gasteiger partial charge in [0.15, 0.2) is 0 Å². The Hall–Kier alpha value is -0.430. The van der Waals surface area contributed by atoms with Crippen LogP contribution in [0.1, 0.15) is 4.88 Å². The summed E-state index contributed by atoms with van der Waals surface area (Å²) in [7, 11) is 0. The van der Waals surface area contributed by atoms with Crippen LogP contribution in [0, 0.1) is 0 Å². The van der Waals surface area contributed by atoms with Crippen molar-refractivity contribution in [2.75, 3.05) is 13.1 Å². The van der Waals surface area contributed by atoms with Crippen molar-refractivity contribution in [2.24, 2.45) is 5.73 Å². The molecule has 1 aromatic rings. The molecule has 0 bridgehead atoms. The highest BCUT2D eigenvalue weighted by Gasteiger charge is 2.11. The summed E-state index contributed by atoms with van der Waals surface area (Å²) in [4.78, 5) is 12.3. The summed E-state index contributed by atoms with van der Waals surface area (Å²) in [5.74, 6) is -0.409. The number of rotatable bonds is 5. The third-order valence-electron chi connectivity index (χ3n) is 1.83. The molecule has 0 aromatic carbocycles. The van der Waals surface area contributed by atoms with Gasteiger partial charge >= 0.3 is 0 Å². The highest BCUT2D eigenvalue weighted by molar-refractivity contribution is 9.11. The molecule has 0 radical (unpaired) electrons. The second kappa shape index (κ2) is 6.22. The minimum Gasteiger partial charge on any atom is -0.382 e. The number of carbonyl (C=O) groups is 1. The molecule has 0 saturated heterocycles. The Balaban J connectivity index is 2.24. The van der Waals surface area contributed by atoms with Gasteiger partial charge in [-0.1, -0.05) is 0 Å². The molecule has 0 aliphatic carbocycles. The lowest BCUT2D eigenvalue weighted by Crippen LogP contribution is -2.39. The van der Waals surface area contributed by atoms with Crippen LogP contribution in [0.4, 0.5) is 0 Å². The molecule has 1 amide bonds. The van der Waals surface area contributed by atoms with Crippen LogP contribution in [0.2, 0.25) is 0 Å². The fourth-order valence-electron chi connectivity index (χ4n) is 1.02. The Bertz CT molecular complexity index is 330. The van der Waals surface area contributed by atoms with Crippen LogP contribution in [0.3, 0.4) is 0 Å². The molecule has 4 nitrogen and oxygen atoms in total. The molecule has 0 saturated carbocycles. The van der Waals surface area contributed by atoms with Gasteiger partial charge in [0, 0.05) is 18.0 Å². The van der Waals surface area contributed by atoms with E-state index >= 15 is 0 Å². The normalized spacial score (nSPS) is 12.5. The first-order chi connectivity index (χ1) is 7.13. The van der Waals surface area contributed by atoms with Crippen LogP contribution < -0.4 is 11.1 Å². The van der Waals surface area contributed by atoms with Gasteiger partial charge in [-0.3, -0.25) is 4.79 Å². The molecule has 0 fully saturated rings. The molecule has 1 atom stereocenters. The fraction of sp³-hybridized carbons (Fsp3) is 0.444. The zero-order chi connectivity index (χ0) is 11.3. The van der Waals surface area contributed by atoms with E-state index < -0.39 is 12.0 Å². The van der Waals surface area contributed by atoms with Crippen LogP contribution in [0.25, 0.3) is 0 Å². The van der Waals surface area contributed by atoms with Gasteiger partial charge in [-0.2, -0.15) is 0 Å². The average Bonchev–Trinajstić information content (AvgIpc) is 2.63. The zero-order valence-corrected chi connectivity index (χ0v) is 10.5. The predicted molar refractivity (Wildman–Crippen MR) is 63.8 cm³/mol. The van der Waals surface area contributed by atoms with Gasteiger partial charge < -0.3 is 16.2 Å². The van der Waals surface area contributed by atoms with Crippen molar-refractivity contribution in [3.63, 3.8) is 0 Å². The lowest BCUT2D eigenvalue weighted by Gasteiger charge is -2.08. The Morgan fingerprint density at radius 1 is 1.67 bits per heavy atom. The number of aliphatic hydroxyl groups is 1. The topological polar surface area (TPSA) is 75.3 Å². The Morgan fingerprint density at radius 2 is 2.40 bits per heavy atom. The summed E-state index contributed by atoms with van der Waals surface area (Å²) in [5.41, 5.74) is 5.14. The van der Waals surface area contributed by atoms with Crippen molar-refractivity contribution in [2.45, 2.75) is 12.5 Å². The van der Waals surface area contributed by atoms with Crippen LogP contribution in [-0.4, -0.2) is 30.2 Å². The zero-order valence-electron chi connectivity index (χ0n) is 8.07. The van der Waals surface area contributed by atoms with E-state index in [1.165, 1.54) is 4.88 Å². The van der Waals surface area contributed by atoms with Gasteiger partial charge in [-0.25, -0.2) is 0 Å². The third kappa shape index (κ3) is 4.29. The third-order valence-corrected chi connectivity index (χ3v) is 3.51. The Kier molecular flexibility index (Phi) is 5.24. The Morgan fingerprint density at radius 3 is 2.93 bits per heavy atom. The largest absolute Gasteiger partial charge is 0.382 e. The van der Waals surface area contributed by atoms with Crippen molar-refractivity contribution in [3.8, 4) is 0 Å². The molecule has 0 aliphatic heterocycles. The lowest BCUT2D eigenvalue weighted by molar-refractivity contribution is -0.128. The van der Waals surface area contributed by atoms with Crippen LogP contribution in [0.15, 0.2) is 15.9 Å². The van der Waals surface area contributed by atoms with Crippen molar-refractivity contribution in [1.29, 1.82) is 0 Å². The Labute approximate surface area is 101 Å². The molecule has 15 heavy (non-hydrogen) atoms. The van der Waals surface area contributed by atoms with E-state index in [1.807, 2.05) is 12.1 Å². The predicted octanol–water partition coefficient (Wildman–Crippen LogP) is 0.489. The van der Waals surface area contributed by atoms with Gasteiger partial charge in [-0.15, -0.1) is 11.3 Å². The smallest absolute Gasteiger partial charge is 0.250 e. The quantitative estimate of drug-likeness (QED) is 0.739. The lowest BCUT2D eigenvalue weighted by atomic mass is 10.3. The van der Waals surface area contributed by atoms with Crippen LogP contribution >= 0.6 is 27.3 Å². The van der Waals surface area contributed by atoms with E-state index in [0.29, 0.717) is 6.54 Å². The molecular weight excluding hydrogens is 280 g/mol. The molecule has 1 aromatic heterocycles. The molecule has 4 N–H and O–H groups in total. The van der Waals surface area contributed by atoms with Gasteiger partial charge in [0.05, 0.1) is 3.79 Å².